The molecule has 144 valence electrons. The van der Waals surface area contributed by atoms with Crippen molar-refractivity contribution >= 4 is 11.7 Å². The summed E-state index contributed by atoms with van der Waals surface area (Å²) >= 11 is 0. The molecule has 2 fully saturated rings. The van der Waals surface area contributed by atoms with Gasteiger partial charge in [-0.15, -0.1) is 0 Å². The number of alkyl halides is 3. The smallest absolute Gasteiger partial charge is 0.422 e. The highest BCUT2D eigenvalue weighted by Gasteiger charge is 2.37. The van der Waals surface area contributed by atoms with Crippen LogP contribution in [-0.4, -0.2) is 66.3 Å². The number of carbonyl (C=O) groups is 1. The van der Waals surface area contributed by atoms with Crippen LogP contribution in [-0.2, 0) is 0 Å². The predicted molar refractivity (Wildman–Crippen MR) is 90.1 cm³/mol. The van der Waals surface area contributed by atoms with E-state index in [2.05, 4.69) is 27.0 Å². The van der Waals surface area contributed by atoms with Crippen LogP contribution in [0.3, 0.4) is 0 Å². The van der Waals surface area contributed by atoms with Crippen LogP contribution >= 0.6 is 0 Å². The normalized spacial score (nSPS) is 24.1. The minimum Gasteiger partial charge on any atom is -0.468 e. The zero-order chi connectivity index (χ0) is 18.7. The first-order valence-corrected chi connectivity index (χ1v) is 8.73. The fourth-order valence-corrected chi connectivity index (χ4v) is 3.73. The molecule has 3 rings (SSSR count). The van der Waals surface area contributed by atoms with Crippen LogP contribution in [0.25, 0.3) is 0 Å². The summed E-state index contributed by atoms with van der Waals surface area (Å²) in [6, 6.07) is 2.86. The number of pyridine rings is 1. The number of urea groups is 1. The van der Waals surface area contributed by atoms with Crippen molar-refractivity contribution in [1.82, 2.24) is 14.8 Å². The second-order valence-corrected chi connectivity index (χ2v) is 6.93. The van der Waals surface area contributed by atoms with E-state index in [1.165, 1.54) is 18.3 Å². The summed E-state index contributed by atoms with van der Waals surface area (Å²) in [5, 5.41) is 2.79. The average molecular weight is 372 g/mol. The largest absolute Gasteiger partial charge is 0.468 e. The molecule has 0 bridgehead atoms. The van der Waals surface area contributed by atoms with Crippen LogP contribution in [0.4, 0.5) is 23.7 Å². The summed E-state index contributed by atoms with van der Waals surface area (Å²) in [7, 11) is 2.10. The van der Waals surface area contributed by atoms with Crippen molar-refractivity contribution in [2.75, 3.05) is 38.6 Å². The molecule has 2 atom stereocenters. The van der Waals surface area contributed by atoms with Crippen LogP contribution < -0.4 is 10.1 Å². The first kappa shape index (κ1) is 18.8. The van der Waals surface area contributed by atoms with Gasteiger partial charge >= 0.3 is 12.2 Å². The Labute approximate surface area is 150 Å². The van der Waals surface area contributed by atoms with Crippen molar-refractivity contribution in [3.05, 3.63) is 18.3 Å². The number of nitrogens with zero attached hydrogens (tertiary/aromatic N) is 3. The van der Waals surface area contributed by atoms with Crippen molar-refractivity contribution in [3.8, 4) is 5.88 Å². The highest BCUT2D eigenvalue weighted by molar-refractivity contribution is 5.89. The second kappa shape index (κ2) is 7.69. The number of ether oxygens (including phenoxy) is 1. The number of fused-ring (bicyclic) bond motifs is 1. The number of carbonyl (C=O) groups excluding carboxylic acids is 1. The lowest BCUT2D eigenvalue weighted by molar-refractivity contribution is -0.154. The molecule has 0 spiro atoms. The van der Waals surface area contributed by atoms with E-state index in [1.807, 2.05) is 4.90 Å². The quantitative estimate of drug-likeness (QED) is 0.886. The Hall–Kier alpha value is -2.03. The number of likely N-dealkylation sites (tertiary alicyclic amines) is 2. The molecular weight excluding hydrogens is 349 g/mol. The molecule has 0 radical (unpaired) electrons. The van der Waals surface area contributed by atoms with Gasteiger partial charge in [0, 0.05) is 25.2 Å². The lowest BCUT2D eigenvalue weighted by atomic mass is 9.84. The van der Waals surface area contributed by atoms with Gasteiger partial charge in [-0.3, -0.25) is 0 Å². The molecule has 2 saturated heterocycles. The van der Waals surface area contributed by atoms with Crippen LogP contribution in [0.1, 0.15) is 19.3 Å². The van der Waals surface area contributed by atoms with Crippen LogP contribution in [0, 0.1) is 5.92 Å². The maximum absolute atomic E-state index is 12.6. The number of anilines is 1. The molecule has 0 aromatic carbocycles. The highest BCUT2D eigenvalue weighted by atomic mass is 19.4. The van der Waals surface area contributed by atoms with E-state index >= 15 is 0 Å². The van der Waals surface area contributed by atoms with Gasteiger partial charge in [0.25, 0.3) is 0 Å². The summed E-state index contributed by atoms with van der Waals surface area (Å²) in [6.45, 7) is 1.30. The molecule has 2 aliphatic heterocycles. The minimum absolute atomic E-state index is 0.131. The number of halogens is 3. The highest BCUT2D eigenvalue weighted by Crippen LogP contribution is 2.30. The number of hydrogen-bond acceptors (Lipinski definition) is 4. The van der Waals surface area contributed by atoms with Crippen molar-refractivity contribution in [3.63, 3.8) is 0 Å². The molecule has 1 aromatic rings. The molecule has 6 nitrogen and oxygen atoms in total. The Morgan fingerprint density at radius 1 is 1.35 bits per heavy atom. The molecule has 9 heteroatoms. The Morgan fingerprint density at radius 2 is 2.15 bits per heavy atom. The third-order valence-corrected chi connectivity index (χ3v) is 4.90. The fraction of sp³-hybridized carbons (Fsp3) is 0.647. The number of rotatable bonds is 3. The van der Waals surface area contributed by atoms with Gasteiger partial charge in [0.15, 0.2) is 6.61 Å². The molecule has 0 unspecified atom stereocenters. The molecule has 0 saturated carbocycles. The van der Waals surface area contributed by atoms with Gasteiger partial charge in [-0.1, -0.05) is 0 Å². The SMILES string of the molecule is CN1CC[C@H]2[C@@H](CCCN2C(=O)Nc2ccc(OCC(F)(F)F)nc2)C1. The van der Waals surface area contributed by atoms with Gasteiger partial charge in [-0.2, -0.15) is 13.2 Å². The Kier molecular flexibility index (Phi) is 5.55. The molecule has 0 aliphatic carbocycles. The number of hydrogen-bond donors (Lipinski definition) is 1. The third kappa shape index (κ3) is 4.78. The van der Waals surface area contributed by atoms with Crippen LogP contribution in [0.5, 0.6) is 5.88 Å². The summed E-state index contributed by atoms with van der Waals surface area (Å²) in [4.78, 5) is 20.6. The van der Waals surface area contributed by atoms with Crippen molar-refractivity contribution in [2.45, 2.75) is 31.5 Å². The zero-order valence-electron chi connectivity index (χ0n) is 14.6. The maximum atomic E-state index is 12.6. The first-order chi connectivity index (χ1) is 12.3. The molecule has 2 aliphatic rings. The summed E-state index contributed by atoms with van der Waals surface area (Å²) in [5.41, 5.74) is 0.435. The number of piperidine rings is 2. The second-order valence-electron chi connectivity index (χ2n) is 6.93. The summed E-state index contributed by atoms with van der Waals surface area (Å²) in [5.74, 6) is 0.359. The van der Waals surface area contributed by atoms with E-state index < -0.39 is 12.8 Å². The van der Waals surface area contributed by atoms with E-state index in [1.54, 1.807) is 0 Å². The van der Waals surface area contributed by atoms with Gasteiger partial charge in [0.2, 0.25) is 5.88 Å². The Bertz CT molecular complexity index is 623. The van der Waals surface area contributed by atoms with E-state index in [9.17, 15) is 18.0 Å². The van der Waals surface area contributed by atoms with Gasteiger partial charge in [-0.25, -0.2) is 9.78 Å². The number of aromatic nitrogens is 1. The maximum Gasteiger partial charge on any atom is 0.422 e. The topological polar surface area (TPSA) is 57.7 Å². The van der Waals surface area contributed by atoms with Gasteiger partial charge in [-0.05, 0) is 44.8 Å². The lowest BCUT2D eigenvalue weighted by Gasteiger charge is -2.46. The molecule has 3 heterocycles. The molecule has 2 amide bonds. The fourth-order valence-electron chi connectivity index (χ4n) is 3.73. The van der Waals surface area contributed by atoms with Gasteiger partial charge in [0.05, 0.1) is 11.9 Å². The predicted octanol–water partition coefficient (Wildman–Crippen LogP) is 2.97. The van der Waals surface area contributed by atoms with Crippen LogP contribution in [0.2, 0.25) is 0 Å². The van der Waals surface area contributed by atoms with Gasteiger partial charge in [0.1, 0.15) is 0 Å². The Morgan fingerprint density at radius 3 is 2.85 bits per heavy atom. The lowest BCUT2D eigenvalue weighted by Crippen LogP contribution is -2.56. The first-order valence-electron chi connectivity index (χ1n) is 8.73. The third-order valence-electron chi connectivity index (χ3n) is 4.90. The molecule has 1 aromatic heterocycles. The van der Waals surface area contributed by atoms with E-state index in [0.29, 0.717) is 11.6 Å². The molecular formula is C17H23F3N4O2. The Balaban J connectivity index is 1.57. The number of nitrogens with one attached hydrogen (secondary N) is 1. The summed E-state index contributed by atoms with van der Waals surface area (Å²) in [6.07, 6.45) is -0.0410. The van der Waals surface area contributed by atoms with Crippen molar-refractivity contribution in [2.24, 2.45) is 5.92 Å². The van der Waals surface area contributed by atoms with Crippen molar-refractivity contribution < 1.29 is 22.7 Å². The van der Waals surface area contributed by atoms with E-state index in [4.69, 9.17) is 0 Å². The van der Waals surface area contributed by atoms with Crippen molar-refractivity contribution in [1.29, 1.82) is 0 Å². The monoisotopic (exact) mass is 372 g/mol. The van der Waals surface area contributed by atoms with E-state index in [0.717, 1.165) is 38.9 Å². The van der Waals surface area contributed by atoms with Gasteiger partial charge < -0.3 is 19.9 Å². The summed E-state index contributed by atoms with van der Waals surface area (Å²) < 4.78 is 41.0. The van der Waals surface area contributed by atoms with E-state index in [-0.39, 0.29) is 18.0 Å². The molecule has 1 N–H and O–H groups in total. The van der Waals surface area contributed by atoms with Crippen LogP contribution in [0.15, 0.2) is 18.3 Å². The average Bonchev–Trinajstić information content (AvgIpc) is 2.59. The minimum atomic E-state index is -4.41. The molecule has 26 heavy (non-hydrogen) atoms. The number of amides is 2. The zero-order valence-corrected chi connectivity index (χ0v) is 14.6. The standard InChI is InChI=1S/C17H23F3N4O2/c1-23-8-6-14-12(10-23)3-2-7-24(14)16(25)22-13-4-5-15(21-9-13)26-11-17(18,19)20/h4-5,9,12,14H,2-3,6-8,10-11H2,1H3,(H,22,25)/t12-,14-/m0/s1.